The van der Waals surface area contributed by atoms with Gasteiger partial charge in [-0.15, -0.1) is 0 Å². The van der Waals surface area contributed by atoms with E-state index in [1.807, 2.05) is 36.4 Å². The van der Waals surface area contributed by atoms with Crippen molar-refractivity contribution in [3.63, 3.8) is 0 Å². The highest BCUT2D eigenvalue weighted by molar-refractivity contribution is 6.31. The van der Waals surface area contributed by atoms with Crippen molar-refractivity contribution in [3.8, 4) is 0 Å². The van der Waals surface area contributed by atoms with Gasteiger partial charge in [-0.05, 0) is 55.1 Å². The zero-order valence-electron chi connectivity index (χ0n) is 19.4. The van der Waals surface area contributed by atoms with E-state index in [0.717, 1.165) is 41.4 Å². The zero-order valence-corrected chi connectivity index (χ0v) is 20.1. The molecule has 1 aliphatic heterocycles. The SMILES string of the molecule is O=C(O)/C=C/CNCCCC(=O)N1c2ccccc2CCc2ccc(Cl)cc21.O=C(O)/C=C\C(=O)O. The maximum atomic E-state index is 13.1. The number of nitrogens with zero attached hydrogens (tertiary/aromatic N) is 1. The number of nitrogens with one attached hydrogen (secondary N) is 1. The number of benzene rings is 2. The Bertz CT molecular complexity index is 1140. The first-order chi connectivity index (χ1) is 17.2. The predicted octanol–water partition coefficient (Wildman–Crippen LogP) is 3.83. The fourth-order valence-corrected chi connectivity index (χ4v) is 3.70. The number of fused-ring (bicyclic) bond motifs is 2. The molecule has 9 nitrogen and oxygen atoms in total. The molecule has 0 bridgehead atoms. The number of halogens is 1. The Hall–Kier alpha value is -3.95. The Morgan fingerprint density at radius 3 is 2.11 bits per heavy atom. The predicted molar refractivity (Wildman–Crippen MR) is 136 cm³/mol. The molecule has 1 heterocycles. The number of rotatable bonds is 9. The van der Waals surface area contributed by atoms with E-state index in [9.17, 15) is 19.2 Å². The third-order valence-electron chi connectivity index (χ3n) is 5.07. The molecule has 4 N–H and O–H groups in total. The molecule has 36 heavy (non-hydrogen) atoms. The number of hydrogen-bond acceptors (Lipinski definition) is 5. The second-order valence-electron chi connectivity index (χ2n) is 7.69. The summed E-state index contributed by atoms with van der Waals surface area (Å²) in [7, 11) is 0. The van der Waals surface area contributed by atoms with Crippen LogP contribution in [-0.4, -0.2) is 52.2 Å². The van der Waals surface area contributed by atoms with Crippen LogP contribution in [-0.2, 0) is 32.0 Å². The van der Waals surface area contributed by atoms with E-state index in [1.165, 1.54) is 0 Å². The smallest absolute Gasteiger partial charge is 0.328 e. The van der Waals surface area contributed by atoms with Crippen LogP contribution < -0.4 is 10.2 Å². The molecule has 0 atom stereocenters. The topological polar surface area (TPSA) is 144 Å². The van der Waals surface area contributed by atoms with Gasteiger partial charge >= 0.3 is 17.9 Å². The summed E-state index contributed by atoms with van der Waals surface area (Å²) >= 11 is 6.23. The molecule has 3 rings (SSSR count). The molecule has 0 saturated heterocycles. The van der Waals surface area contributed by atoms with Gasteiger partial charge in [-0.25, -0.2) is 14.4 Å². The first-order valence-electron chi connectivity index (χ1n) is 11.1. The fourth-order valence-electron chi connectivity index (χ4n) is 3.53. The molecule has 0 fully saturated rings. The van der Waals surface area contributed by atoms with Crippen LogP contribution in [0.1, 0.15) is 24.0 Å². The minimum absolute atomic E-state index is 0.0285. The van der Waals surface area contributed by atoms with Crippen molar-refractivity contribution in [1.82, 2.24) is 5.32 Å². The van der Waals surface area contributed by atoms with Gasteiger partial charge in [-0.3, -0.25) is 9.69 Å². The van der Waals surface area contributed by atoms with Crippen LogP contribution in [0.15, 0.2) is 66.8 Å². The molecule has 2 aromatic carbocycles. The first kappa shape index (κ1) is 28.3. The molecule has 1 amide bonds. The summed E-state index contributed by atoms with van der Waals surface area (Å²) in [5.74, 6) is -3.45. The average Bonchev–Trinajstić information content (AvgIpc) is 2.98. The van der Waals surface area contributed by atoms with Crippen LogP contribution in [0.5, 0.6) is 0 Å². The quantitative estimate of drug-likeness (QED) is 0.292. The lowest BCUT2D eigenvalue weighted by molar-refractivity contribution is -0.134. The molecule has 0 radical (unpaired) electrons. The highest BCUT2D eigenvalue weighted by atomic mass is 35.5. The van der Waals surface area contributed by atoms with Crippen molar-refractivity contribution in [2.75, 3.05) is 18.0 Å². The maximum absolute atomic E-state index is 13.1. The minimum atomic E-state index is -1.26. The van der Waals surface area contributed by atoms with Crippen LogP contribution in [0.4, 0.5) is 11.4 Å². The van der Waals surface area contributed by atoms with Crippen LogP contribution in [0, 0.1) is 0 Å². The number of aliphatic carboxylic acids is 3. The van der Waals surface area contributed by atoms with Gasteiger partial charge in [0.2, 0.25) is 5.91 Å². The normalized spacial score (nSPS) is 12.3. The lowest BCUT2D eigenvalue weighted by Gasteiger charge is -2.25. The van der Waals surface area contributed by atoms with Crippen LogP contribution in [0.25, 0.3) is 0 Å². The summed E-state index contributed by atoms with van der Waals surface area (Å²) in [6, 6.07) is 13.7. The number of amides is 1. The lowest BCUT2D eigenvalue weighted by atomic mass is 10.0. The molecule has 190 valence electrons. The Morgan fingerprint density at radius 1 is 0.861 bits per heavy atom. The number of carboxylic acids is 3. The molecule has 10 heteroatoms. The third-order valence-corrected chi connectivity index (χ3v) is 5.30. The molecule has 0 saturated carbocycles. The standard InChI is InChI=1S/C22H23ClN2O3.C4H4O4/c23-18-12-11-17-10-9-16-5-1-2-6-19(16)25(20(17)15-18)21(26)7-3-13-24-14-4-8-22(27)28;5-3(6)1-2-4(7)8/h1-2,4-6,8,11-12,15,24H,3,7,9-10,13-14H2,(H,27,28);1-2H,(H,5,6)(H,7,8)/b8-4+;2-1-. The second-order valence-corrected chi connectivity index (χ2v) is 8.13. The van der Waals surface area contributed by atoms with Gasteiger partial charge in [-0.2, -0.15) is 0 Å². The van der Waals surface area contributed by atoms with Crippen molar-refractivity contribution in [2.24, 2.45) is 0 Å². The lowest BCUT2D eigenvalue weighted by Crippen LogP contribution is -2.27. The summed E-state index contributed by atoms with van der Waals surface area (Å²) in [5, 5.41) is 27.9. The summed E-state index contributed by atoms with van der Waals surface area (Å²) in [5.41, 5.74) is 4.05. The number of aryl methyl sites for hydroxylation is 2. The molecule has 2 aromatic rings. The number of carbonyl (C=O) groups excluding carboxylic acids is 1. The average molecular weight is 515 g/mol. The summed E-state index contributed by atoms with van der Waals surface area (Å²) < 4.78 is 0. The van der Waals surface area contributed by atoms with Crippen molar-refractivity contribution in [1.29, 1.82) is 0 Å². The summed E-state index contributed by atoms with van der Waals surface area (Å²) in [6.45, 7) is 1.10. The van der Waals surface area contributed by atoms with Gasteiger partial charge in [0.15, 0.2) is 0 Å². The van der Waals surface area contributed by atoms with Crippen LogP contribution in [0.3, 0.4) is 0 Å². The number of carboxylic acid groups (broad SMARTS) is 3. The van der Waals surface area contributed by atoms with E-state index in [1.54, 1.807) is 11.0 Å². The molecule has 0 aromatic heterocycles. The summed E-state index contributed by atoms with van der Waals surface area (Å²) in [6.07, 6.45) is 6.56. The van der Waals surface area contributed by atoms with Gasteiger partial charge in [0.25, 0.3) is 0 Å². The zero-order chi connectivity index (χ0) is 26.5. The maximum Gasteiger partial charge on any atom is 0.328 e. The Morgan fingerprint density at radius 2 is 1.47 bits per heavy atom. The largest absolute Gasteiger partial charge is 0.478 e. The monoisotopic (exact) mass is 514 g/mol. The molecular weight excluding hydrogens is 488 g/mol. The molecule has 0 spiro atoms. The Labute approximate surface area is 213 Å². The first-order valence-corrected chi connectivity index (χ1v) is 11.5. The molecule has 1 aliphatic rings. The van der Waals surface area contributed by atoms with Gasteiger partial charge in [0.1, 0.15) is 0 Å². The van der Waals surface area contributed by atoms with E-state index in [-0.39, 0.29) is 5.91 Å². The van der Waals surface area contributed by atoms with E-state index in [4.69, 9.17) is 26.9 Å². The van der Waals surface area contributed by atoms with Gasteiger partial charge < -0.3 is 20.6 Å². The van der Waals surface area contributed by atoms with Crippen molar-refractivity contribution >= 4 is 46.8 Å². The highest BCUT2D eigenvalue weighted by Gasteiger charge is 2.25. The van der Waals surface area contributed by atoms with Crippen LogP contribution in [0.2, 0.25) is 5.02 Å². The molecule has 0 unspecified atom stereocenters. The van der Waals surface area contributed by atoms with Crippen molar-refractivity contribution < 1.29 is 34.5 Å². The second kappa shape index (κ2) is 14.4. The molecular formula is C26H27ClN2O7. The highest BCUT2D eigenvalue weighted by Crippen LogP contribution is 2.37. The van der Waals surface area contributed by atoms with E-state index in [2.05, 4.69) is 11.4 Å². The number of para-hydroxylation sites is 1. The number of anilines is 2. The van der Waals surface area contributed by atoms with E-state index >= 15 is 0 Å². The third kappa shape index (κ3) is 9.36. The minimum Gasteiger partial charge on any atom is -0.478 e. The Kier molecular flexibility index (Phi) is 11.4. The Balaban J connectivity index is 0.000000493. The van der Waals surface area contributed by atoms with E-state index in [0.29, 0.717) is 43.1 Å². The number of carbonyl (C=O) groups is 4. The molecule has 0 aliphatic carbocycles. The van der Waals surface area contributed by atoms with Gasteiger partial charge in [-0.1, -0.05) is 41.9 Å². The van der Waals surface area contributed by atoms with E-state index < -0.39 is 17.9 Å². The fraction of sp³-hybridized carbons (Fsp3) is 0.231. The number of hydrogen-bond donors (Lipinski definition) is 4. The van der Waals surface area contributed by atoms with Crippen LogP contribution >= 0.6 is 11.6 Å². The summed E-state index contributed by atoms with van der Waals surface area (Å²) in [4.78, 5) is 44.5. The van der Waals surface area contributed by atoms with Gasteiger partial charge in [0.05, 0.1) is 11.4 Å². The van der Waals surface area contributed by atoms with Crippen molar-refractivity contribution in [3.05, 3.63) is 82.9 Å². The van der Waals surface area contributed by atoms with Gasteiger partial charge in [0, 0.05) is 36.2 Å². The van der Waals surface area contributed by atoms with Crippen molar-refractivity contribution in [2.45, 2.75) is 25.7 Å².